The topological polar surface area (TPSA) is 96.2 Å². The third-order valence-electron chi connectivity index (χ3n) is 6.56. The third kappa shape index (κ3) is 2.99. The van der Waals surface area contributed by atoms with Crippen LogP contribution in [0.4, 0.5) is 11.4 Å². The lowest BCUT2D eigenvalue weighted by atomic mass is 10.0. The molecule has 3 aliphatic heterocycles. The summed E-state index contributed by atoms with van der Waals surface area (Å²) in [5.41, 5.74) is 7.92. The van der Waals surface area contributed by atoms with Gasteiger partial charge in [0.1, 0.15) is 16.9 Å². The molecule has 2 unspecified atom stereocenters. The number of hydrogen-bond acceptors (Lipinski definition) is 7. The molecule has 0 aliphatic carbocycles. The Morgan fingerprint density at radius 2 is 2.19 bits per heavy atom. The molecule has 164 valence electrons. The number of hydrogen-bond donors (Lipinski definition) is 2. The van der Waals surface area contributed by atoms with Gasteiger partial charge in [-0.2, -0.15) is 10.2 Å². The second kappa shape index (κ2) is 6.69. The molecule has 3 aromatic rings. The van der Waals surface area contributed by atoms with Gasteiger partial charge in [0.25, 0.3) is 5.91 Å². The lowest BCUT2D eigenvalue weighted by Crippen LogP contribution is -2.29. The fourth-order valence-corrected chi connectivity index (χ4v) is 5.00. The van der Waals surface area contributed by atoms with Gasteiger partial charge in [-0.1, -0.05) is 0 Å². The van der Waals surface area contributed by atoms with Crippen LogP contribution in [0, 0.1) is 5.92 Å². The average molecular weight is 432 g/mol. The molecule has 0 radical (unpaired) electrons. The Balaban J connectivity index is 1.37. The van der Waals surface area contributed by atoms with E-state index in [0.717, 1.165) is 47.9 Å². The van der Waals surface area contributed by atoms with Crippen LogP contribution in [0.25, 0.3) is 5.65 Å². The first-order chi connectivity index (χ1) is 15.4. The van der Waals surface area contributed by atoms with Crippen molar-refractivity contribution in [1.82, 2.24) is 20.0 Å². The van der Waals surface area contributed by atoms with E-state index in [1.807, 2.05) is 0 Å². The molecule has 6 rings (SSSR count). The van der Waals surface area contributed by atoms with Crippen molar-refractivity contribution in [1.29, 1.82) is 0 Å². The van der Waals surface area contributed by atoms with E-state index >= 15 is 0 Å². The number of carbonyl (C=O) groups is 1. The first-order valence-electron chi connectivity index (χ1n) is 10.9. The number of rotatable bonds is 3. The van der Waals surface area contributed by atoms with E-state index in [-0.39, 0.29) is 17.6 Å². The van der Waals surface area contributed by atoms with Crippen LogP contribution >= 0.6 is 0 Å². The molecule has 0 saturated carbocycles. The Morgan fingerprint density at radius 3 is 3.03 bits per heavy atom. The van der Waals surface area contributed by atoms with Crippen molar-refractivity contribution in [3.63, 3.8) is 0 Å². The van der Waals surface area contributed by atoms with Gasteiger partial charge in [0.2, 0.25) is 0 Å². The van der Waals surface area contributed by atoms with Crippen molar-refractivity contribution < 1.29 is 9.53 Å². The summed E-state index contributed by atoms with van der Waals surface area (Å²) in [6.07, 6.45) is 5.79. The number of nitrogens with one attached hydrogen (secondary N) is 2. The second-order valence-electron chi connectivity index (χ2n) is 9.42. The summed E-state index contributed by atoms with van der Waals surface area (Å²) in [4.78, 5) is 19.9. The number of ether oxygens (including phenoxy) is 1. The van der Waals surface area contributed by atoms with E-state index < -0.39 is 0 Å². The molecule has 9 heteroatoms. The number of benzene rings is 1. The van der Waals surface area contributed by atoms with Gasteiger partial charge in [0, 0.05) is 55.2 Å². The number of fused-ring (bicyclic) bond motifs is 3. The maximum atomic E-state index is 13.2. The zero-order valence-corrected chi connectivity index (χ0v) is 18.3. The highest BCUT2D eigenvalue weighted by Gasteiger charge is 2.40. The van der Waals surface area contributed by atoms with Gasteiger partial charge in [-0.25, -0.2) is 9.50 Å². The highest BCUT2D eigenvalue weighted by molar-refractivity contribution is 6.09. The molecule has 2 atom stereocenters. The van der Waals surface area contributed by atoms with Gasteiger partial charge >= 0.3 is 0 Å². The number of anilines is 2. The van der Waals surface area contributed by atoms with E-state index in [1.165, 1.54) is 0 Å². The number of nitrogens with zero attached hydrogens (tertiary/aromatic N) is 5. The molecular formula is C23H25N7O2. The first-order valence-corrected chi connectivity index (χ1v) is 10.9. The first kappa shape index (κ1) is 19.1. The Bertz CT molecular complexity index is 1280. The molecule has 32 heavy (non-hydrogen) atoms. The van der Waals surface area contributed by atoms with Crippen molar-refractivity contribution in [2.24, 2.45) is 11.0 Å². The summed E-state index contributed by atoms with van der Waals surface area (Å²) in [5.74, 6) is 1.03. The van der Waals surface area contributed by atoms with Crippen molar-refractivity contribution in [2.75, 3.05) is 23.3 Å². The molecule has 3 aliphatic rings. The normalized spacial score (nSPS) is 22.8. The van der Waals surface area contributed by atoms with Crippen LogP contribution < -0.4 is 20.4 Å². The predicted molar refractivity (Wildman–Crippen MR) is 122 cm³/mol. The van der Waals surface area contributed by atoms with Crippen LogP contribution in [0.3, 0.4) is 0 Å². The van der Waals surface area contributed by atoms with Crippen LogP contribution in [0.5, 0.6) is 5.75 Å². The summed E-state index contributed by atoms with van der Waals surface area (Å²) in [7, 11) is 0. The lowest BCUT2D eigenvalue weighted by Gasteiger charge is -2.24. The highest BCUT2D eigenvalue weighted by atomic mass is 16.5. The quantitative estimate of drug-likeness (QED) is 0.662. The van der Waals surface area contributed by atoms with Crippen LogP contribution in [0.2, 0.25) is 0 Å². The fraction of sp³-hybridized carbons (Fsp3) is 0.391. The molecule has 0 spiro atoms. The molecule has 5 heterocycles. The van der Waals surface area contributed by atoms with E-state index in [9.17, 15) is 4.79 Å². The molecule has 1 saturated heterocycles. The molecule has 0 bridgehead atoms. The Kier molecular flexibility index (Phi) is 3.99. The highest BCUT2D eigenvalue weighted by Crippen LogP contribution is 2.43. The molecular weight excluding hydrogens is 406 g/mol. The molecule has 1 aromatic carbocycles. The maximum Gasteiger partial charge on any atom is 0.261 e. The maximum absolute atomic E-state index is 13.2. The molecule has 1 amide bonds. The van der Waals surface area contributed by atoms with Crippen molar-refractivity contribution in [3.8, 4) is 5.75 Å². The lowest BCUT2D eigenvalue weighted by molar-refractivity contribution is 0.102. The smallest absolute Gasteiger partial charge is 0.261 e. The van der Waals surface area contributed by atoms with Crippen molar-refractivity contribution >= 4 is 28.6 Å². The average Bonchev–Trinajstić information content (AvgIpc) is 3.49. The molecule has 1 fully saturated rings. The van der Waals surface area contributed by atoms with E-state index in [4.69, 9.17) is 4.74 Å². The molecule has 2 N–H and O–H groups in total. The predicted octanol–water partition coefficient (Wildman–Crippen LogP) is 2.48. The van der Waals surface area contributed by atoms with Gasteiger partial charge in [0.05, 0.1) is 23.6 Å². The zero-order chi connectivity index (χ0) is 22.0. The molecule has 9 nitrogen and oxygen atoms in total. The Hall–Kier alpha value is -3.62. The minimum atomic E-state index is -0.263. The van der Waals surface area contributed by atoms with Gasteiger partial charge < -0.3 is 20.4 Å². The van der Waals surface area contributed by atoms with Crippen molar-refractivity contribution in [2.45, 2.75) is 38.8 Å². The largest absolute Gasteiger partial charge is 0.487 e. The van der Waals surface area contributed by atoms with Gasteiger partial charge in [-0.15, -0.1) is 0 Å². The van der Waals surface area contributed by atoms with Crippen molar-refractivity contribution in [3.05, 3.63) is 47.9 Å². The van der Waals surface area contributed by atoms with E-state index in [2.05, 4.69) is 63.7 Å². The Morgan fingerprint density at radius 1 is 1.31 bits per heavy atom. The van der Waals surface area contributed by atoms with E-state index in [1.54, 1.807) is 29.2 Å². The van der Waals surface area contributed by atoms with Crippen LogP contribution in [0.1, 0.15) is 36.7 Å². The number of aromatic nitrogens is 3. The minimum absolute atomic E-state index is 0.228. The third-order valence-corrected chi connectivity index (χ3v) is 6.56. The second-order valence-corrected chi connectivity index (χ2v) is 9.42. The fourth-order valence-electron chi connectivity index (χ4n) is 5.00. The summed E-state index contributed by atoms with van der Waals surface area (Å²) < 4.78 is 7.80. The standard InChI is InChI=1S/C23H25N7O2/c1-13-16-11-29(12-18(16)28-27-13)19-8-20-14(9-23(2,3)32-20)7-17(19)26-22(31)15-10-25-30-6-4-5-24-21(15)30/h4-8,10,16,18,28H,9,11-12H2,1-3H3,(H,26,31). The van der Waals surface area contributed by atoms with Gasteiger partial charge in [-0.3, -0.25) is 4.79 Å². The summed E-state index contributed by atoms with van der Waals surface area (Å²) in [6, 6.07) is 6.19. The van der Waals surface area contributed by atoms with Crippen LogP contribution in [-0.4, -0.2) is 50.9 Å². The monoisotopic (exact) mass is 431 g/mol. The SMILES string of the molecule is CC1=NNC2CN(c3cc4c(cc3NC(=O)c3cnn5cccnc35)CC(C)(C)O4)CC12. The summed E-state index contributed by atoms with van der Waals surface area (Å²) >= 11 is 0. The number of amides is 1. The number of hydrazone groups is 1. The number of carbonyl (C=O) groups excluding carboxylic acids is 1. The minimum Gasteiger partial charge on any atom is -0.487 e. The van der Waals surface area contributed by atoms with Crippen LogP contribution in [-0.2, 0) is 6.42 Å². The Labute approximate surface area is 185 Å². The van der Waals surface area contributed by atoms with Gasteiger partial charge in [-0.05, 0) is 32.9 Å². The van der Waals surface area contributed by atoms with E-state index in [0.29, 0.717) is 17.1 Å². The summed E-state index contributed by atoms with van der Waals surface area (Å²) in [6.45, 7) is 7.89. The zero-order valence-electron chi connectivity index (χ0n) is 18.3. The summed E-state index contributed by atoms with van der Waals surface area (Å²) in [5, 5.41) is 11.8. The molecule has 2 aromatic heterocycles. The van der Waals surface area contributed by atoms with Gasteiger partial charge in [0.15, 0.2) is 5.65 Å². The van der Waals surface area contributed by atoms with Crippen LogP contribution in [0.15, 0.2) is 41.9 Å².